The Labute approximate surface area is 181 Å². The molecule has 1 aromatic heterocycles. The number of rotatable bonds is 5. The Balaban J connectivity index is 1.16. The van der Waals surface area contributed by atoms with Crippen LogP contribution in [0, 0.1) is 12.7 Å². The molecule has 0 unspecified atom stereocenters. The Morgan fingerprint density at radius 1 is 1.13 bits per heavy atom. The SMILES string of the molecule is Cc1ccc(CN2CC3(CCN(CCc4c[nH]c5ccc(F)cc45)CC3)OC2=O)cc1. The number of nitrogens with one attached hydrogen (secondary N) is 1. The van der Waals surface area contributed by atoms with Crippen molar-refractivity contribution in [1.29, 1.82) is 0 Å². The van der Waals surface area contributed by atoms with Gasteiger partial charge in [0.2, 0.25) is 0 Å². The topological polar surface area (TPSA) is 48.6 Å². The third-order valence-corrected chi connectivity index (χ3v) is 6.73. The van der Waals surface area contributed by atoms with Crippen LogP contribution in [0.4, 0.5) is 9.18 Å². The maximum atomic E-state index is 13.6. The molecule has 0 aliphatic carbocycles. The first-order chi connectivity index (χ1) is 15.0. The lowest BCUT2D eigenvalue weighted by molar-refractivity contribution is 0.00102. The highest BCUT2D eigenvalue weighted by molar-refractivity contribution is 5.83. The highest BCUT2D eigenvalue weighted by Gasteiger charge is 2.46. The number of fused-ring (bicyclic) bond motifs is 1. The molecule has 0 radical (unpaired) electrons. The molecule has 5 rings (SSSR count). The van der Waals surface area contributed by atoms with Crippen molar-refractivity contribution in [3.05, 3.63) is 71.2 Å². The number of halogens is 1. The molecule has 0 saturated carbocycles. The average Bonchev–Trinajstić information content (AvgIpc) is 3.29. The lowest BCUT2D eigenvalue weighted by Crippen LogP contribution is -2.47. The number of H-pyrrole nitrogens is 1. The van der Waals surface area contributed by atoms with E-state index in [2.05, 4.69) is 41.1 Å². The van der Waals surface area contributed by atoms with E-state index >= 15 is 0 Å². The Morgan fingerprint density at radius 3 is 2.68 bits per heavy atom. The number of carbonyl (C=O) groups excluding carboxylic acids is 1. The second-order valence-corrected chi connectivity index (χ2v) is 8.99. The number of amides is 1. The molecule has 6 heteroatoms. The average molecular weight is 422 g/mol. The number of hydrogen-bond donors (Lipinski definition) is 1. The van der Waals surface area contributed by atoms with E-state index in [0.29, 0.717) is 13.1 Å². The van der Waals surface area contributed by atoms with E-state index in [1.807, 2.05) is 11.1 Å². The summed E-state index contributed by atoms with van der Waals surface area (Å²) in [6.07, 6.45) is 4.36. The van der Waals surface area contributed by atoms with E-state index in [1.54, 1.807) is 12.1 Å². The standard InChI is InChI=1S/C25H28FN3O2/c1-18-2-4-19(5-3-18)16-29-17-25(31-24(29)30)9-12-28(13-10-25)11-8-20-15-27-23-7-6-21(26)14-22(20)23/h2-7,14-15,27H,8-13,16-17H2,1H3. The van der Waals surface area contributed by atoms with Gasteiger partial charge in [-0.1, -0.05) is 29.8 Å². The Kier molecular flexibility index (Phi) is 5.18. The second kappa shape index (κ2) is 8.00. The molecule has 3 heterocycles. The minimum atomic E-state index is -0.359. The number of ether oxygens (including phenoxy) is 1. The van der Waals surface area contributed by atoms with Gasteiger partial charge >= 0.3 is 6.09 Å². The quantitative estimate of drug-likeness (QED) is 0.653. The third kappa shape index (κ3) is 4.17. The molecule has 0 atom stereocenters. The van der Waals surface area contributed by atoms with Gasteiger partial charge in [-0.3, -0.25) is 4.90 Å². The van der Waals surface area contributed by atoms with Crippen LogP contribution in [-0.2, 0) is 17.7 Å². The predicted octanol–water partition coefficient (Wildman–Crippen LogP) is 4.64. The van der Waals surface area contributed by atoms with Crippen molar-refractivity contribution in [3.63, 3.8) is 0 Å². The van der Waals surface area contributed by atoms with Gasteiger partial charge in [0.05, 0.1) is 6.54 Å². The molecule has 1 spiro atoms. The first-order valence-corrected chi connectivity index (χ1v) is 11.0. The van der Waals surface area contributed by atoms with Crippen molar-refractivity contribution >= 4 is 17.0 Å². The summed E-state index contributed by atoms with van der Waals surface area (Å²) in [5.74, 6) is -0.202. The van der Waals surface area contributed by atoms with E-state index in [1.165, 1.54) is 11.6 Å². The van der Waals surface area contributed by atoms with Crippen LogP contribution in [0.2, 0.25) is 0 Å². The zero-order chi connectivity index (χ0) is 21.4. The number of aryl methyl sites for hydroxylation is 1. The van der Waals surface area contributed by atoms with Crippen LogP contribution in [-0.4, -0.2) is 52.7 Å². The summed E-state index contributed by atoms with van der Waals surface area (Å²) >= 11 is 0. The van der Waals surface area contributed by atoms with Crippen LogP contribution in [0.15, 0.2) is 48.7 Å². The second-order valence-electron chi connectivity index (χ2n) is 8.99. The molecule has 0 bridgehead atoms. The van der Waals surface area contributed by atoms with E-state index in [4.69, 9.17) is 4.74 Å². The molecule has 31 heavy (non-hydrogen) atoms. The Morgan fingerprint density at radius 2 is 1.90 bits per heavy atom. The molecular weight excluding hydrogens is 393 g/mol. The third-order valence-electron chi connectivity index (χ3n) is 6.73. The van der Waals surface area contributed by atoms with Gasteiger partial charge in [-0.25, -0.2) is 9.18 Å². The number of aromatic nitrogens is 1. The Hall–Kier alpha value is -2.86. The van der Waals surface area contributed by atoms with Gasteiger partial charge in [-0.15, -0.1) is 0 Å². The molecule has 3 aromatic rings. The molecule has 2 saturated heterocycles. The van der Waals surface area contributed by atoms with Crippen LogP contribution in [0.5, 0.6) is 0 Å². The summed E-state index contributed by atoms with van der Waals surface area (Å²) in [5, 5.41) is 0.963. The van der Waals surface area contributed by atoms with Crippen molar-refractivity contribution in [3.8, 4) is 0 Å². The number of benzene rings is 2. The zero-order valence-electron chi connectivity index (χ0n) is 17.9. The molecule has 1 amide bonds. The normalized spacial score (nSPS) is 18.8. The molecule has 5 nitrogen and oxygen atoms in total. The maximum absolute atomic E-state index is 13.6. The fourth-order valence-corrected chi connectivity index (χ4v) is 4.81. The van der Waals surface area contributed by atoms with Gasteiger partial charge in [-0.2, -0.15) is 0 Å². The summed E-state index contributed by atoms with van der Waals surface area (Å²) in [4.78, 5) is 20.0. The van der Waals surface area contributed by atoms with E-state index in [0.717, 1.165) is 60.9 Å². The van der Waals surface area contributed by atoms with Crippen LogP contribution in [0.25, 0.3) is 10.9 Å². The molecule has 2 aliphatic heterocycles. The summed E-state index contributed by atoms with van der Waals surface area (Å²) in [6.45, 7) is 6.05. The molecule has 2 aromatic carbocycles. The van der Waals surface area contributed by atoms with Gasteiger partial charge < -0.3 is 14.6 Å². The van der Waals surface area contributed by atoms with E-state index in [9.17, 15) is 9.18 Å². The van der Waals surface area contributed by atoms with Crippen LogP contribution >= 0.6 is 0 Å². The molecular formula is C25H28FN3O2. The zero-order valence-corrected chi connectivity index (χ0v) is 17.9. The predicted molar refractivity (Wildman–Crippen MR) is 118 cm³/mol. The highest BCUT2D eigenvalue weighted by atomic mass is 19.1. The van der Waals surface area contributed by atoms with Crippen molar-refractivity contribution in [2.24, 2.45) is 0 Å². The van der Waals surface area contributed by atoms with Crippen LogP contribution < -0.4 is 0 Å². The molecule has 1 N–H and O–H groups in total. The maximum Gasteiger partial charge on any atom is 0.410 e. The molecule has 162 valence electrons. The Bertz CT molecular complexity index is 1080. The first kappa shape index (κ1) is 20.1. The number of nitrogens with zero attached hydrogens (tertiary/aromatic N) is 2. The fourth-order valence-electron chi connectivity index (χ4n) is 4.81. The van der Waals surface area contributed by atoms with Gasteiger partial charge in [0, 0.05) is 56.1 Å². The smallest absolute Gasteiger partial charge is 0.410 e. The summed E-state index contributed by atoms with van der Waals surface area (Å²) in [6, 6.07) is 13.2. The summed E-state index contributed by atoms with van der Waals surface area (Å²) in [5.41, 5.74) is 4.11. The fraction of sp³-hybridized carbons (Fsp3) is 0.400. The van der Waals surface area contributed by atoms with Gasteiger partial charge in [0.15, 0.2) is 0 Å². The lowest BCUT2D eigenvalue weighted by Gasteiger charge is -2.37. The van der Waals surface area contributed by atoms with Crippen LogP contribution in [0.3, 0.4) is 0 Å². The number of likely N-dealkylation sites (tertiary alicyclic amines) is 1. The first-order valence-electron chi connectivity index (χ1n) is 11.0. The number of carbonyl (C=O) groups is 1. The summed E-state index contributed by atoms with van der Waals surface area (Å²) in [7, 11) is 0. The largest absolute Gasteiger partial charge is 0.441 e. The number of piperidine rings is 1. The molecule has 2 fully saturated rings. The van der Waals surface area contributed by atoms with Gasteiger partial charge in [0.1, 0.15) is 11.4 Å². The van der Waals surface area contributed by atoms with Crippen LogP contribution in [0.1, 0.15) is 29.5 Å². The van der Waals surface area contributed by atoms with E-state index in [-0.39, 0.29) is 17.5 Å². The highest BCUT2D eigenvalue weighted by Crippen LogP contribution is 2.34. The van der Waals surface area contributed by atoms with Gasteiger partial charge in [-0.05, 0) is 42.7 Å². The van der Waals surface area contributed by atoms with Gasteiger partial charge in [0.25, 0.3) is 0 Å². The minimum Gasteiger partial charge on any atom is -0.441 e. The lowest BCUT2D eigenvalue weighted by atomic mass is 9.91. The summed E-state index contributed by atoms with van der Waals surface area (Å²) < 4.78 is 19.5. The van der Waals surface area contributed by atoms with Crippen molar-refractivity contribution in [2.75, 3.05) is 26.2 Å². The van der Waals surface area contributed by atoms with E-state index < -0.39 is 0 Å². The number of hydrogen-bond acceptors (Lipinski definition) is 3. The van der Waals surface area contributed by atoms with Crippen molar-refractivity contribution < 1.29 is 13.9 Å². The minimum absolute atomic E-state index is 0.199. The van der Waals surface area contributed by atoms with Crippen molar-refractivity contribution in [2.45, 2.75) is 38.3 Å². The number of aromatic amines is 1. The molecule has 2 aliphatic rings. The monoisotopic (exact) mass is 421 g/mol. The van der Waals surface area contributed by atoms with Crippen molar-refractivity contribution in [1.82, 2.24) is 14.8 Å².